The molecule has 1 heterocycles. The Hall–Kier alpha value is -3.38. The zero-order valence-electron chi connectivity index (χ0n) is 16.4. The number of aromatic amines is 1. The van der Waals surface area contributed by atoms with Gasteiger partial charge in [0.2, 0.25) is 5.78 Å². The van der Waals surface area contributed by atoms with Crippen molar-refractivity contribution in [2.24, 2.45) is 5.73 Å². The number of rotatable bonds is 6. The highest BCUT2D eigenvalue weighted by atomic mass is 35.5. The van der Waals surface area contributed by atoms with E-state index in [0.717, 1.165) is 10.9 Å². The second-order valence-corrected chi connectivity index (χ2v) is 8.22. The number of benzene rings is 3. The third kappa shape index (κ3) is 3.53. The van der Waals surface area contributed by atoms with Crippen LogP contribution in [0.3, 0.4) is 0 Å². The number of H-pyrrole nitrogens is 1. The first-order valence-electron chi connectivity index (χ1n) is 9.91. The molecule has 4 aromatic rings. The Morgan fingerprint density at radius 3 is 2.68 bits per heavy atom. The molecule has 1 aliphatic rings. The van der Waals surface area contributed by atoms with E-state index in [9.17, 15) is 14.0 Å². The van der Waals surface area contributed by atoms with Crippen LogP contribution in [0.5, 0.6) is 5.75 Å². The summed E-state index contributed by atoms with van der Waals surface area (Å²) >= 11 is 5.94. The number of Topliss-reactive ketones (excluding diaryl/α,β-unsaturated/α-hetero) is 1. The molecule has 0 atom stereocenters. The number of fused-ring (bicyclic) bond motifs is 2. The quantitative estimate of drug-likeness (QED) is 0.399. The van der Waals surface area contributed by atoms with Gasteiger partial charge in [-0.2, -0.15) is 0 Å². The molecule has 1 aliphatic carbocycles. The molecule has 0 aliphatic heterocycles. The number of aromatic nitrogens is 1. The van der Waals surface area contributed by atoms with Crippen molar-refractivity contribution < 1.29 is 18.7 Å². The van der Waals surface area contributed by atoms with Crippen LogP contribution in [0.25, 0.3) is 21.7 Å². The number of primary amides is 1. The van der Waals surface area contributed by atoms with Crippen molar-refractivity contribution >= 4 is 45.0 Å². The van der Waals surface area contributed by atoms with Crippen LogP contribution in [0.1, 0.15) is 45.0 Å². The van der Waals surface area contributed by atoms with E-state index in [1.54, 1.807) is 18.3 Å². The van der Waals surface area contributed by atoms with Crippen molar-refractivity contribution in [3.8, 4) is 5.75 Å². The van der Waals surface area contributed by atoms with Crippen LogP contribution >= 0.6 is 11.6 Å². The molecule has 31 heavy (non-hydrogen) atoms. The van der Waals surface area contributed by atoms with Crippen LogP contribution in [-0.4, -0.2) is 23.3 Å². The van der Waals surface area contributed by atoms with E-state index in [2.05, 4.69) is 11.1 Å². The summed E-state index contributed by atoms with van der Waals surface area (Å²) in [5, 5.41) is 1.76. The molecule has 7 heteroatoms. The van der Waals surface area contributed by atoms with Crippen LogP contribution in [0.2, 0.25) is 5.02 Å². The van der Waals surface area contributed by atoms with Gasteiger partial charge in [0, 0.05) is 33.1 Å². The molecule has 3 aromatic carbocycles. The minimum Gasteiger partial charge on any atom is -0.484 e. The molecule has 0 radical (unpaired) electrons. The Balaban J connectivity index is 1.44. The number of hydrogen-bond acceptors (Lipinski definition) is 3. The van der Waals surface area contributed by atoms with Crippen LogP contribution < -0.4 is 10.5 Å². The summed E-state index contributed by atoms with van der Waals surface area (Å²) in [4.78, 5) is 27.9. The lowest BCUT2D eigenvalue weighted by Gasteiger charge is -2.12. The van der Waals surface area contributed by atoms with Crippen molar-refractivity contribution in [1.29, 1.82) is 0 Å². The number of amides is 1. The van der Waals surface area contributed by atoms with E-state index >= 15 is 0 Å². The normalized spacial score (nSPS) is 13.6. The SMILES string of the molecule is NC(=O)c1c(OCC(=O)c2c[nH]c3cc(C4CC4)ccc23)cc2ccc(Cl)cc2c1F. The fourth-order valence-corrected chi connectivity index (χ4v) is 4.08. The maximum absolute atomic E-state index is 14.9. The summed E-state index contributed by atoms with van der Waals surface area (Å²) in [6.07, 6.45) is 4.04. The fourth-order valence-electron chi connectivity index (χ4n) is 3.91. The number of halogens is 2. The Bertz CT molecular complexity index is 1370. The van der Waals surface area contributed by atoms with E-state index < -0.39 is 17.3 Å². The Labute approximate surface area is 181 Å². The summed E-state index contributed by atoms with van der Waals surface area (Å²) in [7, 11) is 0. The van der Waals surface area contributed by atoms with Gasteiger partial charge in [-0.3, -0.25) is 9.59 Å². The van der Waals surface area contributed by atoms with Crippen LogP contribution in [0, 0.1) is 5.82 Å². The van der Waals surface area contributed by atoms with Crippen molar-refractivity contribution in [3.05, 3.63) is 76.2 Å². The Morgan fingerprint density at radius 2 is 1.94 bits per heavy atom. The average molecular weight is 437 g/mol. The minimum atomic E-state index is -0.985. The highest BCUT2D eigenvalue weighted by Gasteiger charge is 2.25. The number of carbonyl (C=O) groups is 2. The third-order valence-corrected chi connectivity index (χ3v) is 5.90. The van der Waals surface area contributed by atoms with Crippen molar-refractivity contribution in [2.75, 3.05) is 6.61 Å². The molecule has 5 rings (SSSR count). The molecule has 0 bridgehead atoms. The zero-order valence-corrected chi connectivity index (χ0v) is 17.1. The smallest absolute Gasteiger partial charge is 0.255 e. The van der Waals surface area contributed by atoms with Gasteiger partial charge in [-0.25, -0.2) is 4.39 Å². The lowest BCUT2D eigenvalue weighted by atomic mass is 10.0. The molecule has 1 saturated carbocycles. The summed E-state index contributed by atoms with van der Waals surface area (Å²) in [5.41, 5.74) is 7.61. The molecule has 0 spiro atoms. The first-order valence-corrected chi connectivity index (χ1v) is 10.3. The molecule has 1 aromatic heterocycles. The summed E-state index contributed by atoms with van der Waals surface area (Å²) in [6.45, 7) is -0.365. The first-order chi connectivity index (χ1) is 14.9. The zero-order chi connectivity index (χ0) is 21.7. The molecular formula is C24H18ClFN2O3. The molecule has 156 valence electrons. The molecule has 5 nitrogen and oxygen atoms in total. The van der Waals surface area contributed by atoms with E-state index in [-0.39, 0.29) is 23.5 Å². The third-order valence-electron chi connectivity index (χ3n) is 5.66. The van der Waals surface area contributed by atoms with Gasteiger partial charge in [-0.15, -0.1) is 0 Å². The van der Waals surface area contributed by atoms with Gasteiger partial charge < -0.3 is 15.5 Å². The molecule has 0 saturated heterocycles. The first kappa shape index (κ1) is 19.6. The van der Waals surface area contributed by atoms with Crippen molar-refractivity contribution in [3.63, 3.8) is 0 Å². The van der Waals surface area contributed by atoms with Crippen LogP contribution in [0.4, 0.5) is 4.39 Å². The summed E-state index contributed by atoms with van der Waals surface area (Å²) in [5.74, 6) is -1.57. The monoisotopic (exact) mass is 436 g/mol. The highest BCUT2D eigenvalue weighted by Crippen LogP contribution is 2.41. The largest absolute Gasteiger partial charge is 0.484 e. The second kappa shape index (κ2) is 7.39. The summed E-state index contributed by atoms with van der Waals surface area (Å²) in [6, 6.07) is 12.2. The number of ether oxygens (including phenoxy) is 1. The fraction of sp³-hybridized carbons (Fsp3) is 0.167. The topological polar surface area (TPSA) is 85.2 Å². The van der Waals surface area contributed by atoms with Gasteiger partial charge >= 0.3 is 0 Å². The molecule has 1 fully saturated rings. The predicted molar refractivity (Wildman–Crippen MR) is 118 cm³/mol. The van der Waals surface area contributed by atoms with E-state index in [4.69, 9.17) is 22.1 Å². The number of ketones is 1. The summed E-state index contributed by atoms with van der Waals surface area (Å²) < 4.78 is 20.5. The van der Waals surface area contributed by atoms with Crippen LogP contribution in [-0.2, 0) is 0 Å². The molecule has 0 unspecified atom stereocenters. The predicted octanol–water partition coefficient (Wildman–Crippen LogP) is 5.35. The second-order valence-electron chi connectivity index (χ2n) is 7.79. The molecule has 1 amide bonds. The number of nitrogens with one attached hydrogen (secondary N) is 1. The van der Waals surface area contributed by atoms with E-state index in [0.29, 0.717) is 21.9 Å². The molecular weight excluding hydrogens is 419 g/mol. The van der Waals surface area contributed by atoms with Gasteiger partial charge in [0.15, 0.2) is 6.61 Å². The minimum absolute atomic E-state index is 0.0796. The molecule has 3 N–H and O–H groups in total. The average Bonchev–Trinajstić information content (AvgIpc) is 3.51. The van der Waals surface area contributed by atoms with E-state index in [1.165, 1.54) is 30.5 Å². The van der Waals surface area contributed by atoms with E-state index in [1.807, 2.05) is 12.1 Å². The lowest BCUT2D eigenvalue weighted by Crippen LogP contribution is -2.18. The van der Waals surface area contributed by atoms with Gasteiger partial charge in [-0.1, -0.05) is 29.8 Å². The van der Waals surface area contributed by atoms with Gasteiger partial charge in [-0.05, 0) is 54.0 Å². The van der Waals surface area contributed by atoms with Crippen LogP contribution in [0.15, 0.2) is 48.7 Å². The number of carbonyl (C=O) groups excluding carboxylic acids is 2. The van der Waals surface area contributed by atoms with Crippen molar-refractivity contribution in [1.82, 2.24) is 4.98 Å². The van der Waals surface area contributed by atoms with Gasteiger partial charge in [0.1, 0.15) is 17.1 Å². The Kier molecular flexibility index (Phi) is 4.67. The van der Waals surface area contributed by atoms with Gasteiger partial charge in [0.25, 0.3) is 5.91 Å². The van der Waals surface area contributed by atoms with Gasteiger partial charge in [0.05, 0.1) is 0 Å². The number of nitrogens with two attached hydrogens (primary N) is 1. The maximum atomic E-state index is 14.9. The lowest BCUT2D eigenvalue weighted by molar-refractivity contribution is 0.0912. The maximum Gasteiger partial charge on any atom is 0.255 e. The standard InChI is InChI=1S/C24H18ClFN2O3/c25-15-5-3-14-8-21(22(24(27)30)23(26)17(14)9-15)31-11-20(29)18-10-28-19-7-13(12-1-2-12)4-6-16(18)19/h3-10,12,28H,1-2,11H2,(H2,27,30). The Morgan fingerprint density at radius 1 is 1.13 bits per heavy atom. The van der Waals surface area contributed by atoms with Crippen molar-refractivity contribution in [2.45, 2.75) is 18.8 Å². The highest BCUT2D eigenvalue weighted by molar-refractivity contribution is 6.31. The number of hydrogen-bond donors (Lipinski definition) is 2.